The van der Waals surface area contributed by atoms with Crippen molar-refractivity contribution in [3.63, 3.8) is 0 Å². The van der Waals surface area contributed by atoms with E-state index in [4.69, 9.17) is 9.47 Å². The molecule has 0 fully saturated rings. The summed E-state index contributed by atoms with van der Waals surface area (Å²) in [5, 5.41) is 0. The first-order chi connectivity index (χ1) is 13.3. The molecule has 156 valence electrons. The Morgan fingerprint density at radius 3 is 1.78 bits per heavy atom. The van der Waals surface area contributed by atoms with Crippen LogP contribution < -0.4 is 9.47 Å². The van der Waals surface area contributed by atoms with Crippen LogP contribution in [0.3, 0.4) is 0 Å². The number of thiophene rings is 1. The van der Waals surface area contributed by atoms with E-state index in [1.165, 1.54) is 86.8 Å². The van der Waals surface area contributed by atoms with Crippen LogP contribution in [0.15, 0.2) is 0 Å². The van der Waals surface area contributed by atoms with Crippen molar-refractivity contribution in [1.29, 1.82) is 0 Å². The highest BCUT2D eigenvalue weighted by Gasteiger charge is 2.27. The summed E-state index contributed by atoms with van der Waals surface area (Å²) in [7, 11) is 0. The van der Waals surface area contributed by atoms with E-state index in [1.54, 1.807) is 0 Å². The van der Waals surface area contributed by atoms with Crippen LogP contribution in [0.4, 0.5) is 0 Å². The number of aryl methyl sites for hydroxylation is 2. The Hall–Kier alpha value is -0.700. The number of fused-ring (bicyclic) bond motifs is 1. The summed E-state index contributed by atoms with van der Waals surface area (Å²) in [5.74, 6) is 2.20. The maximum atomic E-state index is 6.33. The first-order valence-corrected chi connectivity index (χ1v) is 12.6. The van der Waals surface area contributed by atoms with E-state index in [1.807, 2.05) is 11.3 Å². The quantitative estimate of drug-likeness (QED) is 0.280. The molecule has 1 atom stereocenters. The Bertz CT molecular complexity index is 509. The number of hydrogen-bond acceptors (Lipinski definition) is 3. The molecular weight excluding hydrogens is 352 g/mol. The Morgan fingerprint density at radius 1 is 0.704 bits per heavy atom. The van der Waals surface area contributed by atoms with Crippen LogP contribution in [0.2, 0.25) is 0 Å². The van der Waals surface area contributed by atoms with Gasteiger partial charge in [0.15, 0.2) is 11.5 Å². The molecule has 0 aliphatic carbocycles. The summed E-state index contributed by atoms with van der Waals surface area (Å²) < 4.78 is 12.5. The molecular formula is C24H42O2S. The van der Waals surface area contributed by atoms with Gasteiger partial charge in [0.1, 0.15) is 12.7 Å². The van der Waals surface area contributed by atoms with Gasteiger partial charge >= 0.3 is 0 Å². The Labute approximate surface area is 172 Å². The van der Waals surface area contributed by atoms with Gasteiger partial charge in [-0.25, -0.2) is 0 Å². The van der Waals surface area contributed by atoms with Gasteiger partial charge in [0.2, 0.25) is 0 Å². The lowest BCUT2D eigenvalue weighted by atomic mass is 10.1. The molecule has 0 saturated carbocycles. The predicted octanol–water partition coefficient (Wildman–Crippen LogP) is 8.10. The van der Waals surface area contributed by atoms with Gasteiger partial charge in [0.05, 0.1) is 9.75 Å². The first kappa shape index (κ1) is 22.6. The lowest BCUT2D eigenvalue weighted by Gasteiger charge is -2.25. The molecule has 0 bridgehead atoms. The topological polar surface area (TPSA) is 18.5 Å². The lowest BCUT2D eigenvalue weighted by Crippen LogP contribution is -2.28. The highest BCUT2D eigenvalue weighted by Crippen LogP contribution is 2.46. The van der Waals surface area contributed by atoms with E-state index in [9.17, 15) is 0 Å². The first-order valence-electron chi connectivity index (χ1n) is 11.7. The van der Waals surface area contributed by atoms with Gasteiger partial charge in [-0.1, -0.05) is 85.0 Å². The smallest absolute Gasteiger partial charge is 0.175 e. The van der Waals surface area contributed by atoms with E-state index in [0.29, 0.717) is 0 Å². The maximum Gasteiger partial charge on any atom is 0.175 e. The highest BCUT2D eigenvalue weighted by molar-refractivity contribution is 7.12. The van der Waals surface area contributed by atoms with Crippen molar-refractivity contribution in [2.24, 2.45) is 0 Å². The van der Waals surface area contributed by atoms with Gasteiger partial charge in [0.25, 0.3) is 0 Å². The average molecular weight is 395 g/mol. The Morgan fingerprint density at radius 2 is 1.22 bits per heavy atom. The normalized spacial score (nSPS) is 16.0. The summed E-state index contributed by atoms with van der Waals surface area (Å²) in [6, 6.07) is 0. The van der Waals surface area contributed by atoms with Crippen LogP contribution in [-0.4, -0.2) is 12.7 Å². The van der Waals surface area contributed by atoms with Crippen LogP contribution in [0, 0.1) is 0 Å². The Kier molecular flexibility index (Phi) is 11.3. The van der Waals surface area contributed by atoms with Crippen molar-refractivity contribution in [3.8, 4) is 11.5 Å². The molecule has 2 rings (SSSR count). The summed E-state index contributed by atoms with van der Waals surface area (Å²) >= 11 is 1.97. The average Bonchev–Trinajstić information content (AvgIpc) is 3.04. The second-order valence-corrected chi connectivity index (χ2v) is 9.29. The lowest BCUT2D eigenvalue weighted by molar-refractivity contribution is 0.0878. The molecule has 3 heteroatoms. The van der Waals surface area contributed by atoms with Gasteiger partial charge < -0.3 is 9.47 Å². The predicted molar refractivity (Wildman–Crippen MR) is 119 cm³/mol. The van der Waals surface area contributed by atoms with Crippen molar-refractivity contribution in [1.82, 2.24) is 0 Å². The molecule has 0 N–H and O–H groups in total. The monoisotopic (exact) mass is 394 g/mol. The zero-order chi connectivity index (χ0) is 19.3. The number of unbranched alkanes of at least 4 members (excludes halogenated alkanes) is 10. The van der Waals surface area contributed by atoms with Gasteiger partial charge in [0, 0.05) is 0 Å². The summed E-state index contributed by atoms with van der Waals surface area (Å²) in [6.45, 7) is 7.48. The van der Waals surface area contributed by atoms with Crippen molar-refractivity contribution in [2.45, 2.75) is 123 Å². The van der Waals surface area contributed by atoms with Crippen molar-refractivity contribution in [2.75, 3.05) is 6.61 Å². The van der Waals surface area contributed by atoms with Gasteiger partial charge in [-0.05, 0) is 32.1 Å². The molecule has 1 aliphatic heterocycles. The molecule has 27 heavy (non-hydrogen) atoms. The van der Waals surface area contributed by atoms with Crippen LogP contribution in [-0.2, 0) is 12.8 Å². The maximum absolute atomic E-state index is 6.33. The number of rotatable bonds is 15. The zero-order valence-corrected chi connectivity index (χ0v) is 18.9. The van der Waals surface area contributed by atoms with Gasteiger partial charge in [-0.3, -0.25) is 0 Å². The molecule has 1 unspecified atom stereocenters. The number of ether oxygens (including phenoxy) is 2. The minimum atomic E-state index is 0.234. The van der Waals surface area contributed by atoms with Crippen LogP contribution in [0.5, 0.6) is 11.5 Å². The SMILES string of the molecule is CCCCCCCCc1sc(CCCCCCCC)c2c1OCC(CC)O2. The Balaban J connectivity index is 1.87. The molecule has 2 heterocycles. The fourth-order valence-corrected chi connectivity index (χ4v) is 5.07. The molecule has 0 aromatic carbocycles. The molecule has 0 spiro atoms. The van der Waals surface area contributed by atoms with E-state index in [0.717, 1.165) is 37.4 Å². The third-order valence-corrected chi connectivity index (χ3v) is 6.90. The molecule has 0 amide bonds. The molecule has 1 aromatic rings. The minimum Gasteiger partial charge on any atom is -0.485 e. The van der Waals surface area contributed by atoms with E-state index >= 15 is 0 Å². The molecule has 0 saturated heterocycles. The summed E-state index contributed by atoms with van der Waals surface area (Å²) in [4.78, 5) is 2.88. The largest absolute Gasteiger partial charge is 0.485 e. The second-order valence-electron chi connectivity index (χ2n) is 8.10. The third-order valence-electron chi connectivity index (χ3n) is 5.63. The van der Waals surface area contributed by atoms with Crippen LogP contribution in [0.1, 0.15) is 114 Å². The fourth-order valence-electron chi connectivity index (χ4n) is 3.80. The van der Waals surface area contributed by atoms with E-state index in [-0.39, 0.29) is 6.10 Å². The molecule has 2 nitrogen and oxygen atoms in total. The second kappa shape index (κ2) is 13.5. The van der Waals surface area contributed by atoms with E-state index < -0.39 is 0 Å². The highest BCUT2D eigenvalue weighted by atomic mass is 32.1. The van der Waals surface area contributed by atoms with Crippen LogP contribution in [0.25, 0.3) is 0 Å². The minimum absolute atomic E-state index is 0.234. The molecule has 1 aliphatic rings. The summed E-state index contributed by atoms with van der Waals surface area (Å²) in [5.41, 5.74) is 0. The van der Waals surface area contributed by atoms with Crippen molar-refractivity contribution in [3.05, 3.63) is 9.75 Å². The molecule has 1 aromatic heterocycles. The fraction of sp³-hybridized carbons (Fsp3) is 0.833. The van der Waals surface area contributed by atoms with Crippen molar-refractivity contribution < 1.29 is 9.47 Å². The van der Waals surface area contributed by atoms with Crippen LogP contribution >= 0.6 is 11.3 Å². The van der Waals surface area contributed by atoms with E-state index in [2.05, 4.69) is 20.8 Å². The zero-order valence-electron chi connectivity index (χ0n) is 18.1. The molecule has 0 radical (unpaired) electrons. The summed E-state index contributed by atoms with van der Waals surface area (Å²) in [6.07, 6.45) is 19.8. The third kappa shape index (κ3) is 7.68. The standard InChI is InChI=1S/C24H42O2S/c1-4-7-9-11-13-15-17-21-23-24(26-20(6-3)19-25-23)22(27-21)18-16-14-12-10-8-5-2/h20H,4-19H2,1-3H3. The van der Waals surface area contributed by atoms with Gasteiger partial charge in [-0.2, -0.15) is 0 Å². The van der Waals surface area contributed by atoms with Crippen molar-refractivity contribution >= 4 is 11.3 Å². The van der Waals surface area contributed by atoms with Gasteiger partial charge in [-0.15, -0.1) is 11.3 Å². The number of hydrogen-bond donors (Lipinski definition) is 0.